The largest absolute Gasteiger partial charge is 0.458 e. The number of hydrogen-bond acceptors (Lipinski definition) is 6. The van der Waals surface area contributed by atoms with Gasteiger partial charge in [0.15, 0.2) is 0 Å². The van der Waals surface area contributed by atoms with Gasteiger partial charge in [0.05, 0.1) is 0 Å². The highest BCUT2D eigenvalue weighted by Gasteiger charge is 2.46. The molecule has 0 unspecified atom stereocenters. The second kappa shape index (κ2) is 15.7. The number of hydrogen-bond donors (Lipinski definition) is 0. The quantitative estimate of drug-likeness (QED) is 0.155. The monoisotopic (exact) mass is 910 g/mol. The van der Waals surface area contributed by atoms with E-state index in [0.717, 1.165) is 66.5 Å². The lowest BCUT2D eigenvalue weighted by atomic mass is 9.31. The lowest BCUT2D eigenvalue weighted by Crippen LogP contribution is -2.61. The fraction of sp³-hybridized carbons (Fsp3) is 0.129. The molecule has 0 bridgehead atoms. The highest BCUT2D eigenvalue weighted by Crippen LogP contribution is 2.44. The molecule has 9 aromatic rings. The normalized spacial score (nSPS) is 13.4. The summed E-state index contributed by atoms with van der Waals surface area (Å²) in [5.41, 5.74) is 12.7. The van der Waals surface area contributed by atoms with Crippen LogP contribution >= 0.6 is 0 Å². The van der Waals surface area contributed by atoms with Gasteiger partial charge >= 0.3 is 0 Å². The van der Waals surface area contributed by atoms with Gasteiger partial charge in [-0.15, -0.1) is 0 Å². The fourth-order valence-corrected chi connectivity index (χ4v) is 10.5. The molecule has 0 amide bonds. The van der Waals surface area contributed by atoms with Gasteiger partial charge in [-0.3, -0.25) is 0 Å². The molecule has 8 heteroatoms. The molecular weight excluding hydrogens is 862 g/mol. The Morgan fingerprint density at radius 3 is 1.06 bits per heavy atom. The van der Waals surface area contributed by atoms with Crippen LogP contribution < -0.4 is 61.2 Å². The summed E-state index contributed by atoms with van der Waals surface area (Å²) < 4.78 is 41.3. The second-order valence-electron chi connectivity index (χ2n) is 20.9. The van der Waals surface area contributed by atoms with Gasteiger partial charge in [0.1, 0.15) is 69.0 Å². The van der Waals surface area contributed by atoms with Crippen molar-refractivity contribution in [1.82, 2.24) is 0 Å². The van der Waals surface area contributed by atoms with Gasteiger partial charge < -0.3 is 28.4 Å². The van der Waals surface area contributed by atoms with Gasteiger partial charge in [0.25, 0.3) is 13.4 Å². The number of benzene rings is 9. The zero-order valence-electron chi connectivity index (χ0n) is 39.9. The van der Waals surface area contributed by atoms with E-state index in [2.05, 4.69) is 139 Å². The zero-order valence-corrected chi connectivity index (χ0v) is 39.9. The number of ether oxygens (including phenoxy) is 6. The molecule has 13 rings (SSSR count). The molecule has 0 fully saturated rings. The predicted molar refractivity (Wildman–Crippen MR) is 283 cm³/mol. The van der Waals surface area contributed by atoms with E-state index in [0.29, 0.717) is 57.5 Å². The summed E-state index contributed by atoms with van der Waals surface area (Å²) in [6.45, 7) is 13.0. The first-order valence-corrected chi connectivity index (χ1v) is 24.1. The predicted octanol–water partition coefficient (Wildman–Crippen LogP) is 12.7. The molecule has 0 aliphatic carbocycles. The summed E-state index contributed by atoms with van der Waals surface area (Å²) in [5.74, 6) is 8.47. The van der Waals surface area contributed by atoms with Gasteiger partial charge in [-0.25, -0.2) is 0 Å². The van der Waals surface area contributed by atoms with Crippen molar-refractivity contribution in [1.29, 1.82) is 0 Å². The highest BCUT2D eigenvalue weighted by molar-refractivity contribution is 7.01. The highest BCUT2D eigenvalue weighted by atomic mass is 16.5. The molecular formula is C62H48B2O6. The van der Waals surface area contributed by atoms with Gasteiger partial charge in [0.2, 0.25) is 0 Å². The first kappa shape index (κ1) is 42.0. The van der Waals surface area contributed by atoms with Crippen molar-refractivity contribution in [2.75, 3.05) is 0 Å². The Bertz CT molecular complexity index is 3360. The molecule has 338 valence electrons. The van der Waals surface area contributed by atoms with E-state index < -0.39 is 0 Å². The van der Waals surface area contributed by atoms with Gasteiger partial charge in [-0.2, -0.15) is 0 Å². The van der Waals surface area contributed by atoms with Crippen LogP contribution in [-0.2, 0) is 10.8 Å². The van der Waals surface area contributed by atoms with E-state index >= 15 is 0 Å². The van der Waals surface area contributed by atoms with Crippen LogP contribution in [0.25, 0.3) is 22.3 Å². The maximum absolute atomic E-state index is 7.03. The molecule has 0 saturated carbocycles. The van der Waals surface area contributed by atoms with Crippen LogP contribution in [0.5, 0.6) is 69.0 Å². The topological polar surface area (TPSA) is 55.4 Å². The molecule has 70 heavy (non-hydrogen) atoms. The Balaban J connectivity index is 0.946. The van der Waals surface area contributed by atoms with Crippen molar-refractivity contribution in [3.8, 4) is 91.2 Å². The SMILES string of the molecule is CC(C)(C)c1ccc2c(c1)Oc1cc(Oc3cccc(-c4ccccc4)c3)cc3c1B2c1cc2c(cc1O3)Oc1cc(Oc3cccc(-c4ccccc4)c3)cc3c1B2c1ccc(C(C)(C)C)cc1O3. The fourth-order valence-electron chi connectivity index (χ4n) is 10.5. The van der Waals surface area contributed by atoms with Crippen molar-refractivity contribution >= 4 is 46.2 Å². The van der Waals surface area contributed by atoms with Crippen LogP contribution in [0, 0.1) is 0 Å². The minimum Gasteiger partial charge on any atom is -0.458 e. The van der Waals surface area contributed by atoms with Crippen molar-refractivity contribution in [2.45, 2.75) is 52.4 Å². The molecule has 4 heterocycles. The van der Waals surface area contributed by atoms with E-state index in [4.69, 9.17) is 28.4 Å². The summed E-state index contributed by atoms with van der Waals surface area (Å²) in [6.07, 6.45) is 0. The molecule has 4 aliphatic heterocycles. The van der Waals surface area contributed by atoms with Crippen LogP contribution in [-0.4, -0.2) is 13.4 Å². The number of fused-ring (bicyclic) bond motifs is 8. The van der Waals surface area contributed by atoms with E-state index in [9.17, 15) is 0 Å². The Kier molecular flexibility index (Phi) is 9.45. The van der Waals surface area contributed by atoms with E-state index in [-0.39, 0.29) is 24.3 Å². The van der Waals surface area contributed by atoms with Crippen molar-refractivity contribution in [2.24, 2.45) is 0 Å². The maximum atomic E-state index is 7.03. The molecule has 6 nitrogen and oxygen atoms in total. The summed E-state index contributed by atoms with van der Waals surface area (Å²) in [5, 5.41) is 0. The van der Waals surface area contributed by atoms with Crippen LogP contribution in [0.15, 0.2) is 182 Å². The Labute approximate surface area is 409 Å². The lowest BCUT2D eigenvalue weighted by molar-refractivity contribution is 0.434. The van der Waals surface area contributed by atoms with Crippen LogP contribution in [0.4, 0.5) is 0 Å². The van der Waals surface area contributed by atoms with Gasteiger partial charge in [0, 0.05) is 41.3 Å². The molecule has 0 N–H and O–H groups in total. The van der Waals surface area contributed by atoms with Crippen LogP contribution in [0.1, 0.15) is 52.7 Å². The smallest absolute Gasteiger partial charge is 0.260 e. The molecule has 0 saturated heterocycles. The van der Waals surface area contributed by atoms with E-state index in [1.54, 1.807) is 0 Å². The summed E-state index contributed by atoms with van der Waals surface area (Å²) in [4.78, 5) is 0. The first-order valence-electron chi connectivity index (χ1n) is 24.1. The second-order valence-corrected chi connectivity index (χ2v) is 20.9. The Morgan fingerprint density at radius 1 is 0.300 bits per heavy atom. The molecule has 0 aromatic heterocycles. The third-order valence-electron chi connectivity index (χ3n) is 14.1. The van der Waals surface area contributed by atoms with E-state index in [1.165, 1.54) is 11.1 Å². The summed E-state index contributed by atoms with van der Waals surface area (Å²) >= 11 is 0. The van der Waals surface area contributed by atoms with E-state index in [1.807, 2.05) is 84.9 Å². The summed E-state index contributed by atoms with van der Waals surface area (Å²) in [6, 6.07) is 62.7. The lowest BCUT2D eigenvalue weighted by Gasteiger charge is -2.37. The average molecular weight is 911 g/mol. The van der Waals surface area contributed by atoms with Crippen LogP contribution in [0.3, 0.4) is 0 Å². The van der Waals surface area contributed by atoms with Crippen LogP contribution in [0.2, 0.25) is 0 Å². The van der Waals surface area contributed by atoms with Crippen molar-refractivity contribution in [3.05, 3.63) is 193 Å². The Morgan fingerprint density at radius 2 is 0.671 bits per heavy atom. The molecule has 4 aliphatic rings. The van der Waals surface area contributed by atoms with Gasteiger partial charge in [-0.1, -0.05) is 157 Å². The van der Waals surface area contributed by atoms with Crippen molar-refractivity contribution < 1.29 is 28.4 Å². The van der Waals surface area contributed by atoms with Gasteiger partial charge in [-0.05, 0) is 102 Å². The third-order valence-corrected chi connectivity index (χ3v) is 14.1. The Hall–Kier alpha value is -8.09. The first-order chi connectivity index (χ1) is 33.9. The molecule has 0 atom stereocenters. The maximum Gasteiger partial charge on any atom is 0.260 e. The molecule has 0 spiro atoms. The zero-order chi connectivity index (χ0) is 47.5. The minimum atomic E-state index is -0.196. The average Bonchev–Trinajstić information content (AvgIpc) is 3.35. The molecule has 9 aromatic carbocycles. The van der Waals surface area contributed by atoms with Crippen molar-refractivity contribution in [3.63, 3.8) is 0 Å². The molecule has 0 radical (unpaired) electrons. The minimum absolute atomic E-state index is 0.0892. The summed E-state index contributed by atoms with van der Waals surface area (Å²) in [7, 11) is 0. The third kappa shape index (κ3) is 7.20. The number of rotatable bonds is 6. The standard InChI is InChI=1S/C62H48B2O6/c1-61(2,3)41-23-25-47-51(29-41)67-55-31-45(65-43-21-13-19-39(27-43)37-15-9-7-10-16-37)33-57-59(55)63(47)49-35-50-54(36-53(49)69-57)70-58-34-46(66-44-22-14-20-40(28-44)38-17-11-8-12-18-38)32-56-60(58)64(50)48-26-24-42(62(4,5)6)30-52(48)68-56/h7-36H,1-6H3.